The summed E-state index contributed by atoms with van der Waals surface area (Å²) in [4.78, 5) is 0. The first-order chi connectivity index (χ1) is 6.07. The predicted molar refractivity (Wildman–Crippen MR) is 57.8 cm³/mol. The molecule has 2 nitrogen and oxygen atoms in total. The molecule has 0 aliphatic carbocycles. The van der Waals surface area contributed by atoms with E-state index in [2.05, 4.69) is 19.2 Å². The van der Waals surface area contributed by atoms with Crippen molar-refractivity contribution in [1.29, 1.82) is 0 Å². The van der Waals surface area contributed by atoms with E-state index in [9.17, 15) is 5.11 Å². The topological polar surface area (TPSA) is 32.3 Å². The van der Waals surface area contributed by atoms with Crippen molar-refractivity contribution in [2.75, 3.05) is 13.1 Å². The van der Waals surface area contributed by atoms with Crippen LogP contribution in [0.2, 0.25) is 0 Å². The highest BCUT2D eigenvalue weighted by Gasteiger charge is 2.08. The zero-order valence-electron chi connectivity index (χ0n) is 9.51. The van der Waals surface area contributed by atoms with E-state index in [-0.39, 0.29) is 6.10 Å². The Kier molecular flexibility index (Phi) is 7.29. The molecule has 2 unspecified atom stereocenters. The minimum atomic E-state index is -0.200. The summed E-state index contributed by atoms with van der Waals surface area (Å²) in [6, 6.07) is 0. The van der Waals surface area contributed by atoms with Gasteiger partial charge >= 0.3 is 0 Å². The van der Waals surface area contributed by atoms with Gasteiger partial charge in [-0.1, -0.05) is 34.1 Å². The van der Waals surface area contributed by atoms with E-state index < -0.39 is 0 Å². The second-order valence-electron chi connectivity index (χ2n) is 4.36. The fourth-order valence-corrected chi connectivity index (χ4v) is 1.31. The lowest BCUT2D eigenvalue weighted by Crippen LogP contribution is -2.33. The molecule has 0 aromatic rings. The summed E-state index contributed by atoms with van der Waals surface area (Å²) >= 11 is 0. The monoisotopic (exact) mass is 187 g/mol. The maximum absolute atomic E-state index is 9.51. The lowest BCUT2D eigenvalue weighted by molar-refractivity contribution is 0.122. The predicted octanol–water partition coefficient (Wildman–Crippen LogP) is 2.03. The molecule has 0 heterocycles. The summed E-state index contributed by atoms with van der Waals surface area (Å²) < 4.78 is 0. The Labute approximate surface area is 82.7 Å². The molecule has 0 radical (unpaired) electrons. The molecule has 0 aromatic carbocycles. The minimum absolute atomic E-state index is 0.200. The van der Waals surface area contributed by atoms with E-state index in [0.717, 1.165) is 19.0 Å². The first-order valence-electron chi connectivity index (χ1n) is 5.46. The molecule has 0 saturated carbocycles. The molecule has 0 amide bonds. The molecule has 0 aromatic heterocycles. The van der Waals surface area contributed by atoms with Crippen LogP contribution in [0.25, 0.3) is 0 Å². The number of aliphatic hydroxyl groups excluding tert-OH is 1. The molecule has 0 fully saturated rings. The van der Waals surface area contributed by atoms with Crippen LogP contribution < -0.4 is 5.32 Å². The number of hydrogen-bond donors (Lipinski definition) is 2. The van der Waals surface area contributed by atoms with Crippen LogP contribution in [0.3, 0.4) is 0 Å². The van der Waals surface area contributed by atoms with Gasteiger partial charge < -0.3 is 10.4 Å². The molecule has 13 heavy (non-hydrogen) atoms. The van der Waals surface area contributed by atoms with Crippen LogP contribution in [-0.2, 0) is 0 Å². The smallest absolute Gasteiger partial charge is 0.0687 e. The standard InChI is InChI=1S/C11H25NO/c1-5-6-10(4)7-12-8-11(13)9(2)3/h9-13H,5-8H2,1-4H3. The van der Waals surface area contributed by atoms with Gasteiger partial charge in [-0.3, -0.25) is 0 Å². The van der Waals surface area contributed by atoms with Gasteiger partial charge in [0, 0.05) is 6.54 Å². The molecule has 0 spiro atoms. The Morgan fingerprint density at radius 1 is 1.15 bits per heavy atom. The SMILES string of the molecule is CCCC(C)CNCC(O)C(C)C. The van der Waals surface area contributed by atoms with E-state index in [0.29, 0.717) is 5.92 Å². The minimum Gasteiger partial charge on any atom is -0.392 e. The maximum atomic E-state index is 9.51. The number of rotatable bonds is 7. The second kappa shape index (κ2) is 7.34. The van der Waals surface area contributed by atoms with Gasteiger partial charge in [0.25, 0.3) is 0 Å². The zero-order chi connectivity index (χ0) is 10.3. The fourth-order valence-electron chi connectivity index (χ4n) is 1.31. The number of nitrogens with one attached hydrogen (secondary N) is 1. The van der Waals surface area contributed by atoms with E-state index in [1.807, 2.05) is 13.8 Å². The Hall–Kier alpha value is -0.0800. The van der Waals surface area contributed by atoms with Gasteiger partial charge in [0.2, 0.25) is 0 Å². The first kappa shape index (κ1) is 12.9. The molecule has 2 N–H and O–H groups in total. The van der Waals surface area contributed by atoms with Crippen LogP contribution in [0.4, 0.5) is 0 Å². The molecular formula is C11H25NO. The van der Waals surface area contributed by atoms with Crippen molar-refractivity contribution in [2.45, 2.75) is 46.6 Å². The largest absolute Gasteiger partial charge is 0.392 e. The molecule has 0 aliphatic rings. The van der Waals surface area contributed by atoms with Crippen LogP contribution in [0, 0.1) is 11.8 Å². The van der Waals surface area contributed by atoms with Crippen LogP contribution >= 0.6 is 0 Å². The van der Waals surface area contributed by atoms with Crippen LogP contribution in [0.5, 0.6) is 0 Å². The summed E-state index contributed by atoms with van der Waals surface area (Å²) in [5, 5.41) is 12.8. The molecule has 2 atom stereocenters. The quantitative estimate of drug-likeness (QED) is 0.639. The van der Waals surface area contributed by atoms with Crippen molar-refractivity contribution in [1.82, 2.24) is 5.32 Å². The van der Waals surface area contributed by atoms with Gasteiger partial charge in [0.15, 0.2) is 0 Å². The van der Waals surface area contributed by atoms with Gasteiger partial charge in [0.05, 0.1) is 6.10 Å². The van der Waals surface area contributed by atoms with E-state index in [4.69, 9.17) is 0 Å². The molecule has 2 heteroatoms. The van der Waals surface area contributed by atoms with Crippen molar-refractivity contribution in [2.24, 2.45) is 11.8 Å². The van der Waals surface area contributed by atoms with Gasteiger partial charge in [-0.2, -0.15) is 0 Å². The Morgan fingerprint density at radius 3 is 2.23 bits per heavy atom. The average molecular weight is 187 g/mol. The molecule has 0 rings (SSSR count). The Balaban J connectivity index is 3.33. The highest BCUT2D eigenvalue weighted by atomic mass is 16.3. The van der Waals surface area contributed by atoms with Crippen molar-refractivity contribution in [3.63, 3.8) is 0 Å². The molecule has 0 saturated heterocycles. The summed E-state index contributed by atoms with van der Waals surface area (Å²) in [5.74, 6) is 1.08. The molecule has 0 aliphatic heterocycles. The fraction of sp³-hybridized carbons (Fsp3) is 1.00. The van der Waals surface area contributed by atoms with Gasteiger partial charge in [0.1, 0.15) is 0 Å². The van der Waals surface area contributed by atoms with Gasteiger partial charge in [-0.15, -0.1) is 0 Å². The third-order valence-corrected chi connectivity index (χ3v) is 2.40. The van der Waals surface area contributed by atoms with Crippen LogP contribution in [-0.4, -0.2) is 24.3 Å². The highest BCUT2D eigenvalue weighted by molar-refractivity contribution is 4.64. The molecule has 0 bridgehead atoms. The third kappa shape index (κ3) is 7.03. The zero-order valence-corrected chi connectivity index (χ0v) is 9.51. The van der Waals surface area contributed by atoms with Gasteiger partial charge in [-0.25, -0.2) is 0 Å². The summed E-state index contributed by atoms with van der Waals surface area (Å²) in [6.07, 6.45) is 2.31. The summed E-state index contributed by atoms with van der Waals surface area (Å²) in [7, 11) is 0. The average Bonchev–Trinajstić information content (AvgIpc) is 2.04. The van der Waals surface area contributed by atoms with E-state index in [1.54, 1.807) is 0 Å². The second-order valence-corrected chi connectivity index (χ2v) is 4.36. The van der Waals surface area contributed by atoms with Gasteiger partial charge in [-0.05, 0) is 24.8 Å². The van der Waals surface area contributed by atoms with Crippen molar-refractivity contribution in [3.05, 3.63) is 0 Å². The summed E-state index contributed by atoms with van der Waals surface area (Å²) in [6.45, 7) is 10.3. The summed E-state index contributed by atoms with van der Waals surface area (Å²) in [5.41, 5.74) is 0. The number of aliphatic hydroxyl groups is 1. The van der Waals surface area contributed by atoms with E-state index >= 15 is 0 Å². The number of hydrogen-bond acceptors (Lipinski definition) is 2. The molecule has 80 valence electrons. The van der Waals surface area contributed by atoms with Crippen molar-refractivity contribution in [3.8, 4) is 0 Å². The van der Waals surface area contributed by atoms with Crippen molar-refractivity contribution >= 4 is 0 Å². The normalized spacial score (nSPS) is 16.2. The maximum Gasteiger partial charge on any atom is 0.0687 e. The lowest BCUT2D eigenvalue weighted by Gasteiger charge is -2.17. The molecular weight excluding hydrogens is 162 g/mol. The van der Waals surface area contributed by atoms with E-state index in [1.165, 1.54) is 12.8 Å². The first-order valence-corrected chi connectivity index (χ1v) is 5.46. The lowest BCUT2D eigenvalue weighted by atomic mass is 10.1. The highest BCUT2D eigenvalue weighted by Crippen LogP contribution is 2.03. The van der Waals surface area contributed by atoms with Crippen LogP contribution in [0.1, 0.15) is 40.5 Å². The van der Waals surface area contributed by atoms with Crippen LogP contribution in [0.15, 0.2) is 0 Å². The third-order valence-electron chi connectivity index (χ3n) is 2.40. The Morgan fingerprint density at radius 2 is 1.77 bits per heavy atom. The Bertz CT molecular complexity index is 115. The van der Waals surface area contributed by atoms with Crippen molar-refractivity contribution < 1.29 is 5.11 Å².